The first-order chi connectivity index (χ1) is 10.8. The van der Waals surface area contributed by atoms with E-state index in [1.807, 2.05) is 0 Å². The molecule has 0 bridgehead atoms. The molecule has 2 fully saturated rings. The van der Waals surface area contributed by atoms with E-state index in [9.17, 15) is 20.4 Å². The largest absolute Gasteiger partial charge is 0.393 e. The zero-order valence-corrected chi connectivity index (χ0v) is 16.5. The van der Waals surface area contributed by atoms with E-state index in [-0.39, 0.29) is 31.5 Å². The molecule has 152 valence electrons. The van der Waals surface area contributed by atoms with Crippen LogP contribution in [0.3, 0.4) is 0 Å². The summed E-state index contributed by atoms with van der Waals surface area (Å²) in [7, 11) is 0. The Morgan fingerprint density at radius 3 is 1.12 bits per heavy atom. The molecule has 6 atom stereocenters. The van der Waals surface area contributed by atoms with E-state index in [1.54, 1.807) is 27.7 Å². The van der Waals surface area contributed by atoms with Crippen molar-refractivity contribution in [3.05, 3.63) is 0 Å². The van der Waals surface area contributed by atoms with Gasteiger partial charge in [-0.15, -0.1) is 0 Å². The van der Waals surface area contributed by atoms with Crippen molar-refractivity contribution in [1.82, 2.24) is 0 Å². The molecule has 0 aromatic rings. The fourth-order valence-electron chi connectivity index (χ4n) is 4.35. The molecule has 0 heterocycles. The van der Waals surface area contributed by atoms with Crippen molar-refractivity contribution in [2.75, 3.05) is 0 Å². The minimum atomic E-state index is -0.723. The van der Waals surface area contributed by atoms with Crippen molar-refractivity contribution < 1.29 is 20.4 Å². The van der Waals surface area contributed by atoms with Crippen molar-refractivity contribution in [3.8, 4) is 0 Å². The molecule has 4 N–H and O–H groups in total. The summed E-state index contributed by atoms with van der Waals surface area (Å²) in [6.07, 6.45) is 5.22. The van der Waals surface area contributed by atoms with Crippen LogP contribution < -0.4 is 0 Å². The summed E-state index contributed by atoms with van der Waals surface area (Å²) in [5.41, 5.74) is -1.45. The van der Waals surface area contributed by atoms with Gasteiger partial charge in [-0.3, -0.25) is 0 Å². The number of aliphatic hydroxyl groups excluding tert-OH is 2. The molecule has 0 aromatic heterocycles. The van der Waals surface area contributed by atoms with Crippen LogP contribution >= 0.6 is 0 Å². The molecule has 0 saturated heterocycles. The highest BCUT2D eigenvalue weighted by atomic mass is 16.3. The highest BCUT2D eigenvalue weighted by Crippen LogP contribution is 2.36. The maximum atomic E-state index is 9.74. The first-order valence-electron chi connectivity index (χ1n) is 9.63. The number of aliphatic hydroxyl groups is 4. The van der Waals surface area contributed by atoms with Gasteiger partial charge in [0.25, 0.3) is 0 Å². The number of hydrogen-bond donors (Lipinski definition) is 4. The standard InChI is InChI=1S/2C10H20O2.CH4/c2*1-7-4-5-8(9(11)6-7)10(2,3)12;/h2*7-9,11-12H,4-6H2,1-3H3;1H4/t7-,8-,9+;7-,8-,9-;/m11./s1. The predicted octanol–water partition coefficient (Wildman–Crippen LogP) is 3.74. The summed E-state index contributed by atoms with van der Waals surface area (Å²) in [5.74, 6) is 1.35. The molecule has 0 amide bonds. The Labute approximate surface area is 155 Å². The van der Waals surface area contributed by atoms with Crippen LogP contribution in [0.2, 0.25) is 0 Å². The lowest BCUT2D eigenvalue weighted by atomic mass is 9.73. The van der Waals surface area contributed by atoms with Crippen molar-refractivity contribution in [1.29, 1.82) is 0 Å². The molecular weight excluding hydrogens is 316 g/mol. The second kappa shape index (κ2) is 9.68. The van der Waals surface area contributed by atoms with Crippen LogP contribution in [0.4, 0.5) is 0 Å². The molecule has 25 heavy (non-hydrogen) atoms. The monoisotopic (exact) mass is 360 g/mol. The minimum absolute atomic E-state index is 0. The van der Waals surface area contributed by atoms with Gasteiger partial charge in [-0.2, -0.15) is 0 Å². The first-order valence-corrected chi connectivity index (χ1v) is 9.63. The van der Waals surface area contributed by atoms with Crippen molar-refractivity contribution in [3.63, 3.8) is 0 Å². The number of rotatable bonds is 2. The van der Waals surface area contributed by atoms with Gasteiger partial charge in [-0.05, 0) is 65.2 Å². The Hall–Kier alpha value is -0.160. The zero-order valence-electron chi connectivity index (χ0n) is 16.5. The van der Waals surface area contributed by atoms with Crippen LogP contribution in [-0.4, -0.2) is 43.8 Å². The fraction of sp³-hybridized carbons (Fsp3) is 1.00. The molecule has 0 aliphatic heterocycles. The van der Waals surface area contributed by atoms with E-state index in [2.05, 4.69) is 13.8 Å². The van der Waals surface area contributed by atoms with Crippen LogP contribution in [0.5, 0.6) is 0 Å². The van der Waals surface area contributed by atoms with Gasteiger partial charge in [-0.25, -0.2) is 0 Å². The van der Waals surface area contributed by atoms with Gasteiger partial charge in [0.15, 0.2) is 0 Å². The Kier molecular flexibility index (Phi) is 9.62. The molecule has 2 aliphatic carbocycles. The quantitative estimate of drug-likeness (QED) is 0.605. The van der Waals surface area contributed by atoms with E-state index in [1.165, 1.54) is 0 Å². The van der Waals surface area contributed by atoms with Crippen molar-refractivity contribution in [2.45, 2.75) is 111 Å². The Bertz CT molecular complexity index is 333. The fourth-order valence-corrected chi connectivity index (χ4v) is 4.35. The summed E-state index contributed by atoms with van der Waals surface area (Å²) in [6, 6.07) is 0. The lowest BCUT2D eigenvalue weighted by molar-refractivity contribution is -0.0737. The normalized spacial score (nSPS) is 36.7. The lowest BCUT2D eigenvalue weighted by Gasteiger charge is -2.38. The van der Waals surface area contributed by atoms with Gasteiger partial charge in [0.05, 0.1) is 23.4 Å². The summed E-state index contributed by atoms with van der Waals surface area (Å²) in [4.78, 5) is 0. The molecule has 2 saturated carbocycles. The van der Waals surface area contributed by atoms with Crippen LogP contribution in [0.15, 0.2) is 0 Å². The highest BCUT2D eigenvalue weighted by molar-refractivity contribution is 4.88. The molecule has 0 radical (unpaired) electrons. The summed E-state index contributed by atoms with van der Waals surface area (Å²) < 4.78 is 0. The van der Waals surface area contributed by atoms with E-state index < -0.39 is 11.2 Å². The van der Waals surface area contributed by atoms with Gasteiger partial charge >= 0.3 is 0 Å². The second-order valence-electron chi connectivity index (χ2n) is 9.49. The SMILES string of the molecule is C.C[C@@H]1CC[C@@H](C(C)(C)O)[C@@H](O)C1.C[C@@H]1CC[C@@H](C(C)(C)O)[C@H](O)C1. The Morgan fingerprint density at radius 1 is 0.640 bits per heavy atom. The van der Waals surface area contributed by atoms with E-state index in [0.29, 0.717) is 11.8 Å². The predicted molar refractivity (Wildman–Crippen MR) is 104 cm³/mol. The third-order valence-corrected chi connectivity index (χ3v) is 5.97. The Morgan fingerprint density at radius 2 is 0.920 bits per heavy atom. The molecule has 4 heteroatoms. The van der Waals surface area contributed by atoms with Crippen LogP contribution in [0.25, 0.3) is 0 Å². The highest BCUT2D eigenvalue weighted by Gasteiger charge is 2.37. The summed E-state index contributed by atoms with van der Waals surface area (Å²) in [6.45, 7) is 11.5. The zero-order chi connectivity index (χ0) is 18.7. The smallest absolute Gasteiger partial charge is 0.0644 e. The Balaban J connectivity index is 0.000000443. The van der Waals surface area contributed by atoms with E-state index in [4.69, 9.17) is 0 Å². The average Bonchev–Trinajstić information content (AvgIpc) is 2.35. The van der Waals surface area contributed by atoms with Crippen LogP contribution in [0.1, 0.15) is 87.5 Å². The molecule has 2 rings (SSSR count). The van der Waals surface area contributed by atoms with Crippen molar-refractivity contribution >= 4 is 0 Å². The number of hydrogen-bond acceptors (Lipinski definition) is 4. The molecular formula is C21H44O4. The third-order valence-electron chi connectivity index (χ3n) is 5.97. The average molecular weight is 361 g/mol. The minimum Gasteiger partial charge on any atom is -0.393 e. The second-order valence-corrected chi connectivity index (χ2v) is 9.49. The maximum Gasteiger partial charge on any atom is 0.0644 e. The summed E-state index contributed by atoms with van der Waals surface area (Å²) in [5, 5.41) is 38.9. The molecule has 0 unspecified atom stereocenters. The molecule has 4 nitrogen and oxygen atoms in total. The van der Waals surface area contributed by atoms with Crippen LogP contribution in [0, 0.1) is 23.7 Å². The van der Waals surface area contributed by atoms with Gasteiger partial charge in [0, 0.05) is 11.8 Å². The van der Waals surface area contributed by atoms with Gasteiger partial charge < -0.3 is 20.4 Å². The topological polar surface area (TPSA) is 80.9 Å². The third kappa shape index (κ3) is 7.94. The van der Waals surface area contributed by atoms with Gasteiger partial charge in [0.2, 0.25) is 0 Å². The summed E-state index contributed by atoms with van der Waals surface area (Å²) >= 11 is 0. The van der Waals surface area contributed by atoms with Crippen molar-refractivity contribution in [2.24, 2.45) is 23.7 Å². The van der Waals surface area contributed by atoms with Gasteiger partial charge in [0.1, 0.15) is 0 Å². The maximum absolute atomic E-state index is 9.74. The molecule has 0 aromatic carbocycles. The van der Waals surface area contributed by atoms with E-state index >= 15 is 0 Å². The van der Waals surface area contributed by atoms with E-state index in [0.717, 1.165) is 38.5 Å². The molecule has 0 spiro atoms. The molecule has 2 aliphatic rings. The lowest BCUT2D eigenvalue weighted by Crippen LogP contribution is -2.42. The van der Waals surface area contributed by atoms with Gasteiger partial charge in [-0.1, -0.05) is 34.1 Å². The van der Waals surface area contributed by atoms with Crippen LogP contribution in [-0.2, 0) is 0 Å². The first kappa shape index (κ1) is 24.8.